The zero-order valence-corrected chi connectivity index (χ0v) is 9.50. The highest BCUT2D eigenvalue weighted by Crippen LogP contribution is 2.48. The average molecular weight is 232 g/mol. The molecule has 0 bridgehead atoms. The van der Waals surface area contributed by atoms with Gasteiger partial charge in [0.2, 0.25) is 0 Å². The average Bonchev–Trinajstić information content (AvgIpc) is 2.87. The normalized spacial score (nSPS) is 24.8. The second-order valence-electron chi connectivity index (χ2n) is 3.99. The summed E-state index contributed by atoms with van der Waals surface area (Å²) in [4.78, 5) is 1.36. The number of rotatable bonds is 1. The van der Waals surface area contributed by atoms with Gasteiger partial charge in [0.15, 0.2) is 0 Å². The predicted octanol–water partition coefficient (Wildman–Crippen LogP) is 2.31. The summed E-state index contributed by atoms with van der Waals surface area (Å²) in [5.41, 5.74) is 7.28. The molecule has 2 nitrogen and oxygen atoms in total. The summed E-state index contributed by atoms with van der Waals surface area (Å²) in [6.07, 6.45) is 3.70. The lowest BCUT2D eigenvalue weighted by molar-refractivity contribution is 0.264. The van der Waals surface area contributed by atoms with Crippen LogP contribution in [-0.2, 0) is 6.42 Å². The Hall–Kier alpha value is -0.250. The lowest BCUT2D eigenvalue weighted by Crippen LogP contribution is -2.33. The van der Waals surface area contributed by atoms with Gasteiger partial charge in [-0.1, -0.05) is 0 Å². The quantitative estimate of drug-likeness (QED) is 0.805. The van der Waals surface area contributed by atoms with Crippen molar-refractivity contribution < 1.29 is 4.74 Å². The van der Waals surface area contributed by atoms with E-state index in [0.29, 0.717) is 6.61 Å². The van der Waals surface area contributed by atoms with Crippen molar-refractivity contribution in [2.75, 3.05) is 6.61 Å². The highest BCUT2D eigenvalue weighted by molar-refractivity contribution is 7.10. The maximum Gasteiger partial charge on any atom is 0.136 e. The van der Waals surface area contributed by atoms with Crippen molar-refractivity contribution in [1.29, 1.82) is 0 Å². The molecule has 1 aromatic heterocycles. The highest BCUT2D eigenvalue weighted by Gasteiger charge is 2.31. The van der Waals surface area contributed by atoms with Gasteiger partial charge in [-0.15, -0.1) is 23.7 Å². The lowest BCUT2D eigenvalue weighted by atomic mass is 10.1. The highest BCUT2D eigenvalue weighted by atomic mass is 35.5. The number of halogens is 1. The van der Waals surface area contributed by atoms with Crippen LogP contribution in [-0.4, -0.2) is 12.6 Å². The third-order valence-corrected chi connectivity index (χ3v) is 3.76. The maximum absolute atomic E-state index is 5.83. The monoisotopic (exact) mass is 231 g/mol. The molecule has 1 fully saturated rings. The summed E-state index contributed by atoms with van der Waals surface area (Å²) in [6.45, 7) is 0.698. The molecule has 78 valence electrons. The summed E-state index contributed by atoms with van der Waals surface area (Å²) in [5.74, 6) is 1.98. The molecule has 0 saturated heterocycles. The Morgan fingerprint density at radius 2 is 2.21 bits per heavy atom. The van der Waals surface area contributed by atoms with Crippen LogP contribution >= 0.6 is 23.7 Å². The molecule has 2 heterocycles. The minimum atomic E-state index is 0. The van der Waals surface area contributed by atoms with Gasteiger partial charge in [-0.2, -0.15) is 0 Å². The van der Waals surface area contributed by atoms with Gasteiger partial charge in [-0.05, 0) is 24.1 Å². The van der Waals surface area contributed by atoms with E-state index in [-0.39, 0.29) is 18.4 Å². The van der Waals surface area contributed by atoms with Gasteiger partial charge in [0.1, 0.15) is 12.4 Å². The van der Waals surface area contributed by atoms with E-state index in [1.54, 1.807) is 0 Å². The molecule has 2 aliphatic rings. The van der Waals surface area contributed by atoms with Crippen molar-refractivity contribution in [3.05, 3.63) is 15.8 Å². The van der Waals surface area contributed by atoms with Crippen molar-refractivity contribution in [1.82, 2.24) is 0 Å². The first-order chi connectivity index (χ1) is 6.34. The molecule has 14 heavy (non-hydrogen) atoms. The standard InChI is InChI=1S/C10H13NOS.ClH/c11-7-3-9-10(12-4-7)8(5-13-9)6-1-2-6;/h5-7H,1-4,11H2;1H. The molecule has 1 aliphatic carbocycles. The Morgan fingerprint density at radius 3 is 2.93 bits per heavy atom. The van der Waals surface area contributed by atoms with Crippen LogP contribution in [0.25, 0.3) is 0 Å². The number of hydrogen-bond donors (Lipinski definition) is 1. The summed E-state index contributed by atoms with van der Waals surface area (Å²) < 4.78 is 5.69. The molecule has 0 spiro atoms. The molecule has 0 amide bonds. The number of ether oxygens (including phenoxy) is 1. The van der Waals surface area contributed by atoms with E-state index in [0.717, 1.165) is 12.3 Å². The van der Waals surface area contributed by atoms with Crippen molar-refractivity contribution in [3.63, 3.8) is 0 Å². The molecule has 1 saturated carbocycles. The Morgan fingerprint density at radius 1 is 1.43 bits per heavy atom. The second-order valence-corrected chi connectivity index (χ2v) is 4.96. The summed E-state index contributed by atoms with van der Waals surface area (Å²) in [6, 6.07) is 0.207. The van der Waals surface area contributed by atoms with Crippen molar-refractivity contribution in [2.45, 2.75) is 31.2 Å². The fraction of sp³-hybridized carbons (Fsp3) is 0.600. The first-order valence-electron chi connectivity index (χ1n) is 4.83. The van der Waals surface area contributed by atoms with Gasteiger partial charge < -0.3 is 10.5 Å². The first kappa shape index (κ1) is 10.3. The predicted molar refractivity (Wildman–Crippen MR) is 60.7 cm³/mol. The van der Waals surface area contributed by atoms with Gasteiger partial charge in [-0.25, -0.2) is 0 Å². The number of nitrogens with two attached hydrogens (primary N) is 1. The Kier molecular flexibility index (Phi) is 2.73. The molecular formula is C10H14ClNOS. The number of thiophene rings is 1. The van der Waals surface area contributed by atoms with Crippen LogP contribution in [0.4, 0.5) is 0 Å². The molecule has 1 unspecified atom stereocenters. The lowest BCUT2D eigenvalue weighted by Gasteiger charge is -2.20. The fourth-order valence-electron chi connectivity index (χ4n) is 1.87. The zero-order chi connectivity index (χ0) is 8.84. The van der Waals surface area contributed by atoms with Crippen LogP contribution in [0, 0.1) is 0 Å². The molecule has 2 N–H and O–H groups in total. The Balaban J connectivity index is 0.000000750. The molecule has 1 aromatic rings. The molecule has 1 aliphatic heterocycles. The van der Waals surface area contributed by atoms with Gasteiger partial charge in [0.25, 0.3) is 0 Å². The van der Waals surface area contributed by atoms with E-state index in [1.165, 1.54) is 29.0 Å². The molecule has 0 radical (unpaired) electrons. The van der Waals surface area contributed by atoms with E-state index in [1.807, 2.05) is 11.3 Å². The number of fused-ring (bicyclic) bond motifs is 1. The smallest absolute Gasteiger partial charge is 0.136 e. The van der Waals surface area contributed by atoms with E-state index < -0.39 is 0 Å². The van der Waals surface area contributed by atoms with Crippen LogP contribution in [0.1, 0.15) is 29.2 Å². The Labute approximate surface area is 93.9 Å². The summed E-state index contributed by atoms with van der Waals surface area (Å²) in [7, 11) is 0. The van der Waals surface area contributed by atoms with Gasteiger partial charge in [-0.3, -0.25) is 0 Å². The van der Waals surface area contributed by atoms with Crippen LogP contribution in [0.5, 0.6) is 5.75 Å². The zero-order valence-electron chi connectivity index (χ0n) is 7.86. The van der Waals surface area contributed by atoms with Crippen LogP contribution in [0.15, 0.2) is 5.38 Å². The molecule has 1 atom stereocenters. The van der Waals surface area contributed by atoms with Crippen molar-refractivity contribution in [3.8, 4) is 5.75 Å². The molecule has 4 heteroatoms. The third kappa shape index (κ3) is 1.64. The van der Waals surface area contributed by atoms with Crippen LogP contribution < -0.4 is 10.5 Å². The van der Waals surface area contributed by atoms with Crippen molar-refractivity contribution >= 4 is 23.7 Å². The maximum atomic E-state index is 5.83. The van der Waals surface area contributed by atoms with Gasteiger partial charge >= 0.3 is 0 Å². The minimum Gasteiger partial charge on any atom is -0.490 e. The Bertz CT molecular complexity index is 335. The second kappa shape index (κ2) is 3.72. The van der Waals surface area contributed by atoms with Crippen LogP contribution in [0.3, 0.4) is 0 Å². The van der Waals surface area contributed by atoms with Gasteiger partial charge in [0.05, 0.1) is 0 Å². The SMILES string of the molecule is Cl.NC1COc2c(C3CC3)csc2C1. The first-order valence-corrected chi connectivity index (χ1v) is 5.71. The topological polar surface area (TPSA) is 35.2 Å². The molecule has 3 rings (SSSR count). The third-order valence-electron chi connectivity index (χ3n) is 2.75. The minimum absolute atomic E-state index is 0. The number of hydrogen-bond acceptors (Lipinski definition) is 3. The van der Waals surface area contributed by atoms with E-state index >= 15 is 0 Å². The van der Waals surface area contributed by atoms with E-state index in [4.69, 9.17) is 10.5 Å². The summed E-state index contributed by atoms with van der Waals surface area (Å²) >= 11 is 1.82. The molecule has 0 aromatic carbocycles. The van der Waals surface area contributed by atoms with Crippen molar-refractivity contribution in [2.24, 2.45) is 5.73 Å². The largest absolute Gasteiger partial charge is 0.490 e. The van der Waals surface area contributed by atoms with Gasteiger partial charge in [0, 0.05) is 22.9 Å². The fourth-order valence-corrected chi connectivity index (χ4v) is 3.03. The van der Waals surface area contributed by atoms with Crippen LogP contribution in [0.2, 0.25) is 0 Å². The molecular weight excluding hydrogens is 218 g/mol. The summed E-state index contributed by atoms with van der Waals surface area (Å²) in [5, 5.41) is 2.26. The van der Waals surface area contributed by atoms with E-state index in [9.17, 15) is 0 Å². The van der Waals surface area contributed by atoms with E-state index in [2.05, 4.69) is 5.38 Å².